The summed E-state index contributed by atoms with van der Waals surface area (Å²) in [5, 5.41) is 11.7. The van der Waals surface area contributed by atoms with E-state index in [0.717, 1.165) is 0 Å². The number of ether oxygens (including phenoxy) is 1. The second kappa shape index (κ2) is 5.84. The van der Waals surface area contributed by atoms with Gasteiger partial charge in [-0.3, -0.25) is 9.59 Å². The van der Waals surface area contributed by atoms with Crippen LogP contribution >= 0.6 is 0 Å². The van der Waals surface area contributed by atoms with Gasteiger partial charge in [0, 0.05) is 6.04 Å². The maximum Gasteiger partial charge on any atom is 0.321 e. The van der Waals surface area contributed by atoms with E-state index in [0.29, 0.717) is 0 Å². The summed E-state index contributed by atoms with van der Waals surface area (Å²) in [5.41, 5.74) is -0.585. The predicted octanol–water partition coefficient (Wildman–Crippen LogP) is 1.17. The minimum Gasteiger partial charge on any atom is -0.480 e. The highest BCUT2D eigenvalue weighted by Crippen LogP contribution is 2.09. The lowest BCUT2D eigenvalue weighted by atomic mass is 10.1. The second-order valence-electron chi connectivity index (χ2n) is 5.00. The van der Waals surface area contributed by atoms with Gasteiger partial charge in [0.25, 0.3) is 0 Å². The number of carboxylic acid groups (broad SMARTS) is 1. The minimum absolute atomic E-state index is 0.00327. The van der Waals surface area contributed by atoms with Gasteiger partial charge >= 0.3 is 11.9 Å². The Bertz CT molecular complexity index is 255. The van der Waals surface area contributed by atoms with Gasteiger partial charge in [0.15, 0.2) is 0 Å². The molecule has 0 amide bonds. The third-order valence-electron chi connectivity index (χ3n) is 1.62. The zero-order valence-electron chi connectivity index (χ0n) is 10.5. The van der Waals surface area contributed by atoms with E-state index < -0.39 is 23.6 Å². The van der Waals surface area contributed by atoms with Gasteiger partial charge in [0.1, 0.15) is 11.6 Å². The van der Waals surface area contributed by atoms with Gasteiger partial charge in [-0.1, -0.05) is 13.8 Å². The first-order valence-corrected chi connectivity index (χ1v) is 5.32. The molecular formula is C11H21NO4. The maximum atomic E-state index is 11.4. The van der Waals surface area contributed by atoms with Gasteiger partial charge in [-0.05, 0) is 20.8 Å². The Kier molecular flexibility index (Phi) is 5.44. The average molecular weight is 231 g/mol. The molecule has 0 spiro atoms. The van der Waals surface area contributed by atoms with Crippen molar-refractivity contribution in [3.63, 3.8) is 0 Å². The molecule has 0 aromatic carbocycles. The van der Waals surface area contributed by atoms with Crippen molar-refractivity contribution in [3.8, 4) is 0 Å². The molecule has 0 aliphatic heterocycles. The minimum atomic E-state index is -1.04. The van der Waals surface area contributed by atoms with Gasteiger partial charge < -0.3 is 15.2 Å². The molecule has 0 saturated carbocycles. The number of carboxylic acids is 1. The molecule has 5 heteroatoms. The molecule has 16 heavy (non-hydrogen) atoms. The highest BCUT2D eigenvalue weighted by molar-refractivity contribution is 5.81. The number of carbonyl (C=O) groups excluding carboxylic acids is 1. The number of rotatable bonds is 5. The molecule has 0 aliphatic rings. The number of esters is 1. The van der Waals surface area contributed by atoms with Crippen LogP contribution in [0.2, 0.25) is 0 Å². The summed E-state index contributed by atoms with van der Waals surface area (Å²) in [6.07, 6.45) is -0.162. The molecule has 0 aromatic rings. The van der Waals surface area contributed by atoms with Crippen LogP contribution in [-0.2, 0) is 14.3 Å². The summed E-state index contributed by atoms with van der Waals surface area (Å²) in [6.45, 7) is 8.89. The number of nitrogens with one attached hydrogen (secondary N) is 1. The maximum absolute atomic E-state index is 11.4. The van der Waals surface area contributed by atoms with Crippen molar-refractivity contribution >= 4 is 11.9 Å². The molecule has 0 bridgehead atoms. The van der Waals surface area contributed by atoms with Crippen LogP contribution in [0.1, 0.15) is 41.0 Å². The molecule has 0 fully saturated rings. The van der Waals surface area contributed by atoms with Gasteiger partial charge in [-0.2, -0.15) is 0 Å². The molecule has 0 aromatic heterocycles. The number of aliphatic carboxylic acids is 1. The first-order valence-electron chi connectivity index (χ1n) is 5.32. The van der Waals surface area contributed by atoms with Crippen molar-refractivity contribution in [2.45, 2.75) is 58.7 Å². The molecule has 94 valence electrons. The average Bonchev–Trinajstić information content (AvgIpc) is 1.97. The fourth-order valence-electron chi connectivity index (χ4n) is 1.17. The van der Waals surface area contributed by atoms with E-state index in [2.05, 4.69) is 5.32 Å². The van der Waals surface area contributed by atoms with E-state index in [1.54, 1.807) is 20.8 Å². The molecule has 0 rings (SSSR count). The summed E-state index contributed by atoms with van der Waals surface area (Å²) >= 11 is 0. The second-order valence-corrected chi connectivity index (χ2v) is 5.00. The molecule has 0 heterocycles. The Hall–Kier alpha value is -1.10. The fraction of sp³-hybridized carbons (Fsp3) is 0.818. The Morgan fingerprint density at radius 3 is 2.12 bits per heavy atom. The monoisotopic (exact) mass is 231 g/mol. The molecule has 0 aliphatic carbocycles. The van der Waals surface area contributed by atoms with Crippen molar-refractivity contribution in [1.29, 1.82) is 0 Å². The molecule has 1 atom stereocenters. The first-order chi connectivity index (χ1) is 7.11. The highest BCUT2D eigenvalue weighted by Gasteiger charge is 2.25. The first kappa shape index (κ1) is 14.9. The lowest BCUT2D eigenvalue weighted by Gasteiger charge is -2.22. The van der Waals surface area contributed by atoms with Crippen LogP contribution in [0.4, 0.5) is 0 Å². The van der Waals surface area contributed by atoms with E-state index in [4.69, 9.17) is 9.84 Å². The third-order valence-corrected chi connectivity index (χ3v) is 1.62. The van der Waals surface area contributed by atoms with Crippen molar-refractivity contribution in [3.05, 3.63) is 0 Å². The summed E-state index contributed by atoms with van der Waals surface area (Å²) in [7, 11) is 0. The SMILES string of the molecule is CC(C)NC(CC(=O)OC(C)(C)C)C(=O)O. The van der Waals surface area contributed by atoms with Gasteiger partial charge in [0.05, 0.1) is 6.42 Å². The van der Waals surface area contributed by atoms with E-state index in [1.165, 1.54) is 0 Å². The van der Waals surface area contributed by atoms with Crippen LogP contribution in [0, 0.1) is 0 Å². The molecular weight excluding hydrogens is 210 g/mol. The van der Waals surface area contributed by atoms with Crippen LogP contribution in [0.5, 0.6) is 0 Å². The molecule has 1 unspecified atom stereocenters. The van der Waals surface area contributed by atoms with Crippen molar-refractivity contribution in [2.75, 3.05) is 0 Å². The summed E-state index contributed by atoms with van der Waals surface area (Å²) in [5.74, 6) is -1.55. The predicted molar refractivity (Wildman–Crippen MR) is 60.2 cm³/mol. The Labute approximate surface area is 96.2 Å². The third kappa shape index (κ3) is 7.23. The molecule has 5 nitrogen and oxygen atoms in total. The Morgan fingerprint density at radius 1 is 1.31 bits per heavy atom. The standard InChI is InChI=1S/C11H21NO4/c1-7(2)12-8(10(14)15)6-9(13)16-11(3,4)5/h7-8,12H,6H2,1-5H3,(H,14,15). The van der Waals surface area contributed by atoms with E-state index in [-0.39, 0.29) is 12.5 Å². The summed E-state index contributed by atoms with van der Waals surface area (Å²) in [6, 6.07) is -0.890. The van der Waals surface area contributed by atoms with Crippen LogP contribution in [0.15, 0.2) is 0 Å². The number of hydrogen-bond acceptors (Lipinski definition) is 4. The zero-order valence-corrected chi connectivity index (χ0v) is 10.5. The van der Waals surface area contributed by atoms with E-state index in [9.17, 15) is 9.59 Å². The largest absolute Gasteiger partial charge is 0.480 e. The topological polar surface area (TPSA) is 75.6 Å². The normalized spacial score (nSPS) is 13.6. The lowest BCUT2D eigenvalue weighted by molar-refractivity contribution is -0.158. The van der Waals surface area contributed by atoms with Gasteiger partial charge in [0.2, 0.25) is 0 Å². The molecule has 0 saturated heterocycles. The zero-order chi connectivity index (χ0) is 12.9. The van der Waals surface area contributed by atoms with Crippen LogP contribution in [0.3, 0.4) is 0 Å². The lowest BCUT2D eigenvalue weighted by Crippen LogP contribution is -2.43. The van der Waals surface area contributed by atoms with Crippen LogP contribution < -0.4 is 5.32 Å². The van der Waals surface area contributed by atoms with E-state index in [1.807, 2.05) is 13.8 Å². The smallest absolute Gasteiger partial charge is 0.321 e. The quantitative estimate of drug-likeness (QED) is 0.695. The number of carbonyl (C=O) groups is 2. The highest BCUT2D eigenvalue weighted by atomic mass is 16.6. The van der Waals surface area contributed by atoms with E-state index >= 15 is 0 Å². The molecule has 0 radical (unpaired) electrons. The van der Waals surface area contributed by atoms with Crippen LogP contribution in [-0.4, -0.2) is 34.7 Å². The van der Waals surface area contributed by atoms with Crippen molar-refractivity contribution in [2.24, 2.45) is 0 Å². The van der Waals surface area contributed by atoms with Crippen LogP contribution in [0.25, 0.3) is 0 Å². The Balaban J connectivity index is 4.30. The molecule has 2 N–H and O–H groups in total. The van der Waals surface area contributed by atoms with Crippen molar-refractivity contribution < 1.29 is 19.4 Å². The Morgan fingerprint density at radius 2 is 1.81 bits per heavy atom. The summed E-state index contributed by atoms with van der Waals surface area (Å²) < 4.78 is 5.06. The van der Waals surface area contributed by atoms with Crippen molar-refractivity contribution in [1.82, 2.24) is 5.32 Å². The number of hydrogen-bond donors (Lipinski definition) is 2. The van der Waals surface area contributed by atoms with Gasteiger partial charge in [-0.25, -0.2) is 0 Å². The fourth-order valence-corrected chi connectivity index (χ4v) is 1.17. The summed E-state index contributed by atoms with van der Waals surface area (Å²) in [4.78, 5) is 22.3. The van der Waals surface area contributed by atoms with Gasteiger partial charge in [-0.15, -0.1) is 0 Å².